The molecule has 0 bridgehead atoms. The minimum atomic E-state index is -4.90. The first-order chi connectivity index (χ1) is 21.5. The van der Waals surface area contributed by atoms with Crippen LogP contribution in [-0.4, -0.2) is 50.9 Å². The molecule has 3 aromatic carbocycles. The van der Waals surface area contributed by atoms with E-state index in [0.717, 1.165) is 24.5 Å². The third-order valence-electron chi connectivity index (χ3n) is 7.18. The molecule has 46 heavy (non-hydrogen) atoms. The van der Waals surface area contributed by atoms with E-state index in [2.05, 4.69) is 20.1 Å². The lowest BCUT2D eigenvalue weighted by atomic mass is 9.98. The Morgan fingerprint density at radius 1 is 0.913 bits per heavy atom. The Hall–Kier alpha value is -4.70. The highest BCUT2D eigenvalue weighted by Crippen LogP contribution is 2.38. The first-order valence-electron chi connectivity index (χ1n) is 13.5. The number of benzene rings is 3. The average Bonchev–Trinajstić information content (AvgIpc) is 3.63. The van der Waals surface area contributed by atoms with Crippen LogP contribution in [0.25, 0.3) is 39.3 Å². The van der Waals surface area contributed by atoms with Crippen molar-refractivity contribution in [1.29, 1.82) is 0 Å². The molecule has 242 valence electrons. The van der Waals surface area contributed by atoms with Crippen molar-refractivity contribution < 1.29 is 44.6 Å². The lowest BCUT2D eigenvalue weighted by Gasteiger charge is -2.16. The highest BCUT2D eigenvalue weighted by molar-refractivity contribution is 7.90. The molecule has 0 aliphatic heterocycles. The molecule has 0 fully saturated rings. The molecule has 1 N–H and O–H groups in total. The molecule has 0 aliphatic carbocycles. The smallest absolute Gasteiger partial charge is 0.406 e. The second-order valence-corrected chi connectivity index (χ2v) is 12.3. The molecule has 0 atom stereocenters. The van der Waals surface area contributed by atoms with Crippen molar-refractivity contribution in [2.45, 2.75) is 37.1 Å². The summed E-state index contributed by atoms with van der Waals surface area (Å²) in [5.41, 5.74) is 0.899. The summed E-state index contributed by atoms with van der Waals surface area (Å²) in [6.45, 7) is 0.451. The number of halogens is 6. The van der Waals surface area contributed by atoms with E-state index in [9.17, 15) is 35.5 Å². The summed E-state index contributed by atoms with van der Waals surface area (Å²) in [6, 6.07) is 12.9. The zero-order valence-electron chi connectivity index (χ0n) is 24.3. The molecule has 2 aromatic heterocycles. The highest BCUT2D eigenvalue weighted by Gasteiger charge is 2.34. The summed E-state index contributed by atoms with van der Waals surface area (Å²) in [4.78, 5) is -0.420. The molecule has 2 heterocycles. The third kappa shape index (κ3) is 6.48. The van der Waals surface area contributed by atoms with Gasteiger partial charge in [-0.2, -0.15) is 13.9 Å². The molecule has 0 aliphatic rings. The first-order valence-corrected chi connectivity index (χ1v) is 15.4. The van der Waals surface area contributed by atoms with Crippen molar-refractivity contribution in [3.05, 3.63) is 83.9 Å². The van der Waals surface area contributed by atoms with Crippen molar-refractivity contribution in [3.63, 3.8) is 0 Å². The topological polar surface area (TPSA) is 112 Å². The normalized spacial score (nSPS) is 12.5. The van der Waals surface area contributed by atoms with Gasteiger partial charge in [-0.05, 0) is 59.7 Å². The maximum absolute atomic E-state index is 15.1. The van der Waals surface area contributed by atoms with Gasteiger partial charge in [0.1, 0.15) is 17.3 Å². The Balaban J connectivity index is 1.73. The van der Waals surface area contributed by atoms with Crippen LogP contribution in [0.5, 0.6) is 5.75 Å². The molecule has 9 nitrogen and oxygen atoms in total. The Kier molecular flexibility index (Phi) is 8.46. The fraction of sp³-hybridized carbons (Fsp3) is 0.233. The van der Waals surface area contributed by atoms with E-state index >= 15 is 4.39 Å². The molecule has 5 aromatic rings. The number of aromatic nitrogens is 5. The van der Waals surface area contributed by atoms with Gasteiger partial charge in [0.25, 0.3) is 5.92 Å². The Morgan fingerprint density at radius 2 is 1.59 bits per heavy atom. The van der Waals surface area contributed by atoms with Crippen molar-refractivity contribution in [3.8, 4) is 45.1 Å². The highest BCUT2D eigenvalue weighted by atomic mass is 32.2. The summed E-state index contributed by atoms with van der Waals surface area (Å²) in [7, 11) is -2.51. The van der Waals surface area contributed by atoms with Crippen molar-refractivity contribution in [1.82, 2.24) is 24.8 Å². The molecule has 5 rings (SSSR count). The van der Waals surface area contributed by atoms with Gasteiger partial charge in [0.2, 0.25) is 0 Å². The molecule has 0 unspecified atom stereocenters. The van der Waals surface area contributed by atoms with Gasteiger partial charge in [0.15, 0.2) is 9.84 Å². The minimum absolute atomic E-state index is 0.112. The van der Waals surface area contributed by atoms with E-state index < -0.39 is 62.9 Å². The van der Waals surface area contributed by atoms with E-state index in [1.807, 2.05) is 0 Å². The average molecular weight is 666 g/mol. The number of nitrogens with zero attached hydrogens (tertiary/aromatic N) is 5. The number of hydrogen-bond donors (Lipinski definition) is 1. The number of aliphatic hydroxyl groups is 1. The van der Waals surface area contributed by atoms with Crippen LogP contribution in [0.1, 0.15) is 24.6 Å². The molecule has 0 radical (unpaired) electrons. The van der Waals surface area contributed by atoms with Crippen LogP contribution in [0.4, 0.5) is 26.3 Å². The number of aliphatic hydroxyl groups excluding tert-OH is 1. The fourth-order valence-corrected chi connectivity index (χ4v) is 5.83. The summed E-state index contributed by atoms with van der Waals surface area (Å²) in [5.74, 6) is -4.66. The number of rotatable bonds is 9. The van der Waals surface area contributed by atoms with Gasteiger partial charge in [-0.3, -0.25) is 4.68 Å². The molecule has 0 amide bonds. The lowest BCUT2D eigenvalue weighted by molar-refractivity contribution is -0.274. The van der Waals surface area contributed by atoms with Crippen LogP contribution in [0.2, 0.25) is 0 Å². The monoisotopic (exact) mass is 665 g/mol. The number of sulfone groups is 1. The van der Waals surface area contributed by atoms with E-state index in [-0.39, 0.29) is 28.2 Å². The van der Waals surface area contributed by atoms with Gasteiger partial charge >= 0.3 is 6.36 Å². The maximum Gasteiger partial charge on any atom is 0.573 e. The lowest BCUT2D eigenvalue weighted by Crippen LogP contribution is -2.16. The Morgan fingerprint density at radius 3 is 2.20 bits per heavy atom. The summed E-state index contributed by atoms with van der Waals surface area (Å²) >= 11 is 0. The number of hydrogen-bond acceptors (Lipinski definition) is 7. The van der Waals surface area contributed by atoms with Gasteiger partial charge in [-0.25, -0.2) is 17.5 Å². The quantitative estimate of drug-likeness (QED) is 0.181. The van der Waals surface area contributed by atoms with Gasteiger partial charge in [0, 0.05) is 36.4 Å². The maximum atomic E-state index is 15.1. The predicted octanol–water partition coefficient (Wildman–Crippen LogP) is 6.44. The van der Waals surface area contributed by atoms with Crippen LogP contribution in [0.3, 0.4) is 0 Å². The van der Waals surface area contributed by atoms with Crippen molar-refractivity contribution in [2.75, 3.05) is 6.26 Å². The summed E-state index contributed by atoms with van der Waals surface area (Å²) in [6.07, 6.45) is -3.21. The second-order valence-electron chi connectivity index (χ2n) is 10.3. The molecular formula is C30H25F6N5O4S. The van der Waals surface area contributed by atoms with E-state index in [4.69, 9.17) is 0 Å². The van der Waals surface area contributed by atoms with Gasteiger partial charge < -0.3 is 9.84 Å². The van der Waals surface area contributed by atoms with Gasteiger partial charge in [-0.15, -0.1) is 18.3 Å². The fourth-order valence-electron chi connectivity index (χ4n) is 4.88. The standard InChI is InChI=1S/C30H25F6N5O4S/c1-4-29(32,33)28-14-24(40(2)38-28)21-10-7-18(19-11-23(31)22(16-42)27(13-19)46(3,43)44)12-25(21)41-26(15-37-39-41)17-5-8-20(9-6-17)45-30(34,35)36/h5-15,42H,4,16H2,1-3H3. The van der Waals surface area contributed by atoms with Crippen LogP contribution >= 0.6 is 0 Å². The third-order valence-corrected chi connectivity index (χ3v) is 8.34. The molecule has 0 saturated carbocycles. The number of ether oxygens (including phenoxy) is 1. The zero-order valence-corrected chi connectivity index (χ0v) is 25.2. The van der Waals surface area contributed by atoms with Gasteiger partial charge in [0.05, 0.1) is 34.8 Å². The minimum Gasteiger partial charge on any atom is -0.406 e. The van der Waals surface area contributed by atoms with Crippen LogP contribution in [0, 0.1) is 5.82 Å². The summed E-state index contributed by atoms with van der Waals surface area (Å²) in [5, 5.41) is 21.7. The number of alkyl halides is 5. The Labute approximate surface area is 258 Å². The van der Waals surface area contributed by atoms with Crippen molar-refractivity contribution in [2.24, 2.45) is 7.05 Å². The molecular weight excluding hydrogens is 640 g/mol. The number of aryl methyl sites for hydroxylation is 1. The Bertz CT molecular complexity index is 2020. The molecule has 16 heteroatoms. The van der Waals surface area contributed by atoms with Crippen LogP contribution in [0.15, 0.2) is 71.8 Å². The van der Waals surface area contributed by atoms with Crippen LogP contribution < -0.4 is 4.74 Å². The first kappa shape index (κ1) is 32.7. The second kappa shape index (κ2) is 11.9. The molecule has 0 saturated heterocycles. The predicted molar refractivity (Wildman–Crippen MR) is 154 cm³/mol. The molecule has 0 spiro atoms. The van der Waals surface area contributed by atoms with Gasteiger partial charge in [-0.1, -0.05) is 24.3 Å². The van der Waals surface area contributed by atoms with Crippen molar-refractivity contribution >= 4 is 9.84 Å². The summed E-state index contributed by atoms with van der Waals surface area (Å²) < 4.78 is 114. The van der Waals surface area contributed by atoms with E-state index in [0.29, 0.717) is 11.1 Å². The zero-order chi connectivity index (χ0) is 33.6. The largest absolute Gasteiger partial charge is 0.573 e. The van der Waals surface area contributed by atoms with E-state index in [1.54, 1.807) is 0 Å². The van der Waals surface area contributed by atoms with Crippen LogP contribution in [-0.2, 0) is 29.4 Å². The van der Waals surface area contributed by atoms with E-state index in [1.165, 1.54) is 72.0 Å². The SMILES string of the molecule is CCC(F)(F)c1cc(-c2ccc(-c3cc(F)c(CO)c(S(C)(=O)=O)c3)cc2-n2nncc2-c2ccc(OC(F)(F)F)cc2)n(C)n1.